The Bertz CT molecular complexity index is 156. The Hall–Kier alpha value is -1.66. The van der Waals surface area contributed by atoms with Crippen molar-refractivity contribution >= 4 is 11.8 Å². The molecule has 0 aliphatic heterocycles. The molecule has 0 aliphatic carbocycles. The van der Waals surface area contributed by atoms with Crippen LogP contribution in [-0.2, 0) is 4.79 Å². The summed E-state index contributed by atoms with van der Waals surface area (Å²) >= 11 is 0. The minimum absolute atomic E-state index is 1.30. The van der Waals surface area contributed by atoms with E-state index in [1.54, 1.807) is 0 Å². The lowest BCUT2D eigenvalue weighted by atomic mass is 10.6. The Morgan fingerprint density at radius 2 is 2.11 bits per heavy atom. The van der Waals surface area contributed by atoms with Gasteiger partial charge in [-0.15, -0.1) is 0 Å². The van der Waals surface area contributed by atoms with Crippen molar-refractivity contribution in [3.8, 4) is 0 Å². The van der Waals surface area contributed by atoms with Gasteiger partial charge in [0.15, 0.2) is 5.16 Å². The number of carboxylic acids is 1. The van der Waals surface area contributed by atoms with E-state index >= 15 is 0 Å². The molecule has 0 spiro atoms. The Balaban J connectivity index is 4.38. The van der Waals surface area contributed by atoms with Crippen LogP contribution in [0.4, 0.5) is 0 Å². The second-order valence-corrected chi connectivity index (χ2v) is 0.986. The molecule has 7 nitrogen and oxygen atoms in total. The van der Waals surface area contributed by atoms with E-state index in [2.05, 4.69) is 0 Å². The van der Waals surface area contributed by atoms with Crippen molar-refractivity contribution in [2.24, 2.45) is 5.16 Å². The van der Waals surface area contributed by atoms with Crippen LogP contribution in [0.2, 0.25) is 0 Å². The van der Waals surface area contributed by atoms with Gasteiger partial charge >= 0.3 is 11.8 Å². The van der Waals surface area contributed by atoms with Crippen LogP contribution in [0, 0.1) is 10.1 Å². The Morgan fingerprint density at radius 3 is 2.11 bits per heavy atom. The molecule has 9 heavy (non-hydrogen) atoms. The number of rotatable bonds is 0. The molecular formula is C2H2N2O5. The van der Waals surface area contributed by atoms with Gasteiger partial charge in [-0.25, -0.2) is 4.79 Å². The van der Waals surface area contributed by atoms with Crippen LogP contribution in [0.1, 0.15) is 0 Å². The summed E-state index contributed by atoms with van der Waals surface area (Å²) < 4.78 is 0. The number of carbonyl (C=O) groups is 1. The van der Waals surface area contributed by atoms with E-state index in [0.717, 1.165) is 0 Å². The predicted molar refractivity (Wildman–Crippen MR) is 23.9 cm³/mol. The van der Waals surface area contributed by atoms with Gasteiger partial charge in [-0.3, -0.25) is 0 Å². The molecule has 0 aromatic heterocycles. The van der Waals surface area contributed by atoms with E-state index in [1.165, 1.54) is 0 Å². The fourth-order valence-corrected chi connectivity index (χ4v) is 0.157. The van der Waals surface area contributed by atoms with Crippen molar-refractivity contribution in [3.05, 3.63) is 10.1 Å². The van der Waals surface area contributed by atoms with Gasteiger partial charge in [-0.2, -0.15) is 0 Å². The van der Waals surface area contributed by atoms with Crippen molar-refractivity contribution in [1.82, 2.24) is 0 Å². The molecule has 0 aliphatic rings. The zero-order chi connectivity index (χ0) is 7.44. The quantitative estimate of drug-likeness (QED) is 0.147. The summed E-state index contributed by atoms with van der Waals surface area (Å²) in [7, 11) is 0. The van der Waals surface area contributed by atoms with Crippen molar-refractivity contribution in [3.63, 3.8) is 0 Å². The Morgan fingerprint density at radius 1 is 1.67 bits per heavy atom. The number of hydrogen-bond acceptors (Lipinski definition) is 5. The fraction of sp³-hybridized carbons (Fsp3) is 0. The molecule has 0 aromatic carbocycles. The second kappa shape index (κ2) is 2.60. The average molecular weight is 134 g/mol. The first kappa shape index (κ1) is 7.34. The first-order valence-corrected chi connectivity index (χ1v) is 1.69. The van der Waals surface area contributed by atoms with E-state index in [9.17, 15) is 14.9 Å². The molecule has 0 saturated carbocycles. The van der Waals surface area contributed by atoms with Gasteiger partial charge < -0.3 is 20.4 Å². The van der Waals surface area contributed by atoms with E-state index < -0.39 is 16.7 Å². The van der Waals surface area contributed by atoms with Crippen LogP contribution < -0.4 is 0 Å². The van der Waals surface area contributed by atoms with Crippen LogP contribution in [-0.4, -0.2) is 27.0 Å². The number of hydrogen-bond donors (Lipinski definition) is 2. The maximum atomic E-state index is 9.64. The van der Waals surface area contributed by atoms with E-state index in [0.29, 0.717) is 0 Å². The van der Waals surface area contributed by atoms with Gasteiger partial charge in [-0.05, 0) is 4.92 Å². The summed E-state index contributed by atoms with van der Waals surface area (Å²) in [6.45, 7) is 0. The first-order valence-electron chi connectivity index (χ1n) is 1.69. The third kappa shape index (κ3) is 1.72. The molecule has 0 radical (unpaired) electrons. The number of oxime groups is 1. The van der Waals surface area contributed by atoms with Crippen LogP contribution in [0.25, 0.3) is 0 Å². The van der Waals surface area contributed by atoms with Crippen LogP contribution >= 0.6 is 0 Å². The molecule has 0 amide bonds. The average Bonchev–Trinajstić information content (AvgIpc) is 1.64. The normalized spacial score (nSPS) is 10.9. The molecule has 0 heterocycles. The standard InChI is InChI=1S/C2H2N2O5/c5-2(6)1(3-7)4(8)9/h7H,(H,5,6). The summed E-state index contributed by atoms with van der Waals surface area (Å²) in [5, 5.41) is 26.9. The molecule has 0 aromatic rings. The van der Waals surface area contributed by atoms with Gasteiger partial charge in [0.05, 0.1) is 0 Å². The van der Waals surface area contributed by atoms with E-state index in [1.807, 2.05) is 5.16 Å². The highest BCUT2D eigenvalue weighted by molar-refractivity contribution is 6.30. The molecule has 2 N–H and O–H groups in total. The maximum Gasteiger partial charge on any atom is 0.494 e. The minimum Gasteiger partial charge on any atom is -0.472 e. The summed E-state index contributed by atoms with van der Waals surface area (Å²) in [5.41, 5.74) is 0. The number of nitrogens with zero attached hydrogens (tertiary/aromatic N) is 2. The predicted octanol–water partition coefficient (Wildman–Crippen LogP) is -0.865. The smallest absolute Gasteiger partial charge is 0.472 e. The summed E-state index contributed by atoms with van der Waals surface area (Å²) in [6, 6.07) is 0. The van der Waals surface area contributed by atoms with E-state index in [-0.39, 0.29) is 0 Å². The second-order valence-electron chi connectivity index (χ2n) is 0.986. The van der Waals surface area contributed by atoms with Crippen LogP contribution in [0.3, 0.4) is 0 Å². The molecular weight excluding hydrogens is 132 g/mol. The highest BCUT2D eigenvalue weighted by Gasteiger charge is 2.23. The molecule has 0 unspecified atom stereocenters. The molecule has 7 heteroatoms. The van der Waals surface area contributed by atoms with Gasteiger partial charge in [0.25, 0.3) is 0 Å². The molecule has 0 bridgehead atoms. The maximum absolute atomic E-state index is 9.64. The monoisotopic (exact) mass is 134 g/mol. The third-order valence-corrected chi connectivity index (χ3v) is 0.459. The molecule has 0 fully saturated rings. The van der Waals surface area contributed by atoms with Crippen LogP contribution in [0.15, 0.2) is 5.16 Å². The SMILES string of the molecule is O=C(O)C(=NO)[N+](=O)[O-]. The van der Waals surface area contributed by atoms with Gasteiger partial charge in [0, 0.05) is 0 Å². The van der Waals surface area contributed by atoms with Crippen molar-refractivity contribution < 1.29 is 20.0 Å². The summed E-state index contributed by atoms with van der Waals surface area (Å²) in [6.07, 6.45) is 0. The molecule has 50 valence electrons. The molecule has 0 rings (SSSR count). The first-order chi connectivity index (χ1) is 4.09. The summed E-state index contributed by atoms with van der Waals surface area (Å²) in [5.74, 6) is -3.36. The lowest BCUT2D eigenvalue weighted by Gasteiger charge is -1.85. The number of amidine groups is 1. The fourth-order valence-electron chi connectivity index (χ4n) is 0.157. The number of nitro groups is 1. The zero-order valence-corrected chi connectivity index (χ0v) is 4.01. The van der Waals surface area contributed by atoms with Crippen molar-refractivity contribution in [2.45, 2.75) is 0 Å². The number of aliphatic carboxylic acids is 1. The lowest BCUT2D eigenvalue weighted by molar-refractivity contribution is -0.352. The molecule has 0 saturated heterocycles. The van der Waals surface area contributed by atoms with Gasteiger partial charge in [0.2, 0.25) is 0 Å². The minimum atomic E-state index is -1.87. The van der Waals surface area contributed by atoms with Crippen molar-refractivity contribution in [2.75, 3.05) is 0 Å². The summed E-state index contributed by atoms with van der Waals surface area (Å²) in [4.78, 5) is 17.8. The Labute approximate surface area is 48.4 Å². The Kier molecular flexibility index (Phi) is 2.12. The van der Waals surface area contributed by atoms with Crippen molar-refractivity contribution in [1.29, 1.82) is 0 Å². The van der Waals surface area contributed by atoms with Gasteiger partial charge in [-0.1, -0.05) is 0 Å². The zero-order valence-electron chi connectivity index (χ0n) is 4.01. The number of carboxylic acid groups (broad SMARTS) is 1. The lowest BCUT2D eigenvalue weighted by Crippen LogP contribution is -2.22. The van der Waals surface area contributed by atoms with Gasteiger partial charge in [0.1, 0.15) is 0 Å². The van der Waals surface area contributed by atoms with Crippen LogP contribution in [0.5, 0.6) is 0 Å². The molecule has 0 atom stereocenters. The highest BCUT2D eigenvalue weighted by Crippen LogP contribution is 1.77. The topological polar surface area (TPSA) is 113 Å². The van der Waals surface area contributed by atoms with E-state index in [4.69, 9.17) is 10.3 Å². The third-order valence-electron chi connectivity index (χ3n) is 0.459. The largest absolute Gasteiger partial charge is 0.494 e. The highest BCUT2D eigenvalue weighted by atomic mass is 16.6.